The molecule has 10 heteroatoms. The Kier molecular flexibility index (Phi) is 5.98. The lowest BCUT2D eigenvalue weighted by molar-refractivity contribution is -0.141. The summed E-state index contributed by atoms with van der Waals surface area (Å²) in [7, 11) is 0. The summed E-state index contributed by atoms with van der Waals surface area (Å²) in [5, 5.41) is 13.2. The quantitative estimate of drug-likeness (QED) is 0.738. The van der Waals surface area contributed by atoms with Crippen LogP contribution in [0.3, 0.4) is 0 Å². The molecule has 1 aromatic heterocycles. The van der Waals surface area contributed by atoms with E-state index < -0.39 is 29.7 Å². The number of carboxylic acid groups (broad SMARTS) is 1. The molecule has 1 heterocycles. The third-order valence-corrected chi connectivity index (χ3v) is 2.85. The fourth-order valence-corrected chi connectivity index (χ4v) is 1.63. The predicted molar refractivity (Wildman–Crippen MR) is 72.6 cm³/mol. The molecule has 1 aromatic rings. The molecular weight excluding hydrogens is 327 g/mol. The maximum atomic E-state index is 12.4. The highest BCUT2D eigenvalue weighted by atomic mass is 35.5. The number of aromatic nitrogens is 1. The molecule has 0 bridgehead atoms. The second kappa shape index (κ2) is 7.30. The Morgan fingerprint density at radius 1 is 1.45 bits per heavy atom. The first-order chi connectivity index (χ1) is 10.1. The monoisotopic (exact) mass is 339 g/mol. The van der Waals surface area contributed by atoms with E-state index in [-0.39, 0.29) is 23.8 Å². The normalized spacial score (nSPS) is 12.6. The lowest BCUT2D eigenvalue weighted by atomic mass is 10.2. The predicted octanol–water partition coefficient (Wildman–Crippen LogP) is 2.15. The number of carbonyl (C=O) groups is 2. The highest BCUT2D eigenvalue weighted by molar-refractivity contribution is 6.32. The number of alkyl halides is 3. The van der Waals surface area contributed by atoms with Crippen LogP contribution in [0.2, 0.25) is 5.02 Å². The maximum Gasteiger partial charge on any atom is 0.417 e. The van der Waals surface area contributed by atoms with Crippen molar-refractivity contribution in [3.05, 3.63) is 22.8 Å². The summed E-state index contributed by atoms with van der Waals surface area (Å²) in [5.41, 5.74) is -0.976. The molecule has 0 aliphatic rings. The molecule has 0 aliphatic heterocycles. The van der Waals surface area contributed by atoms with E-state index in [0.29, 0.717) is 6.20 Å². The smallest absolute Gasteiger partial charge is 0.417 e. The van der Waals surface area contributed by atoms with Gasteiger partial charge < -0.3 is 15.7 Å². The van der Waals surface area contributed by atoms with Crippen molar-refractivity contribution >= 4 is 29.3 Å². The van der Waals surface area contributed by atoms with Crippen molar-refractivity contribution in [2.24, 2.45) is 0 Å². The topological polar surface area (TPSA) is 91.3 Å². The van der Waals surface area contributed by atoms with Crippen molar-refractivity contribution in [1.29, 1.82) is 0 Å². The van der Waals surface area contributed by atoms with Crippen LogP contribution in [0.5, 0.6) is 0 Å². The second-order valence-corrected chi connectivity index (χ2v) is 4.76. The van der Waals surface area contributed by atoms with Gasteiger partial charge in [-0.05, 0) is 13.0 Å². The molecule has 0 spiro atoms. The number of carboxylic acids is 1. The van der Waals surface area contributed by atoms with Crippen molar-refractivity contribution in [2.75, 3.05) is 11.9 Å². The molecule has 0 radical (unpaired) electrons. The van der Waals surface area contributed by atoms with Gasteiger partial charge in [0.05, 0.1) is 10.6 Å². The van der Waals surface area contributed by atoms with Crippen molar-refractivity contribution in [3.63, 3.8) is 0 Å². The van der Waals surface area contributed by atoms with E-state index in [4.69, 9.17) is 16.7 Å². The molecule has 0 fully saturated rings. The fraction of sp³-hybridized carbons (Fsp3) is 0.417. The minimum Gasteiger partial charge on any atom is -0.480 e. The van der Waals surface area contributed by atoms with Crippen molar-refractivity contribution in [2.45, 2.75) is 25.6 Å². The Morgan fingerprint density at radius 2 is 2.09 bits per heavy atom. The highest BCUT2D eigenvalue weighted by Crippen LogP contribution is 2.32. The molecule has 0 saturated carbocycles. The molecule has 1 unspecified atom stereocenters. The lowest BCUT2D eigenvalue weighted by Crippen LogP contribution is -2.38. The summed E-state index contributed by atoms with van der Waals surface area (Å²) < 4.78 is 37.3. The molecule has 0 saturated heterocycles. The zero-order chi connectivity index (χ0) is 16.9. The van der Waals surface area contributed by atoms with Gasteiger partial charge in [0.2, 0.25) is 5.91 Å². The van der Waals surface area contributed by atoms with Crippen LogP contribution in [0.15, 0.2) is 12.3 Å². The molecule has 122 valence electrons. The van der Waals surface area contributed by atoms with Gasteiger partial charge in [-0.1, -0.05) is 11.6 Å². The highest BCUT2D eigenvalue weighted by Gasteiger charge is 2.31. The van der Waals surface area contributed by atoms with E-state index in [2.05, 4.69) is 15.6 Å². The molecule has 6 nitrogen and oxygen atoms in total. The van der Waals surface area contributed by atoms with E-state index in [1.54, 1.807) is 0 Å². The number of hydrogen-bond acceptors (Lipinski definition) is 4. The number of hydrogen-bond donors (Lipinski definition) is 3. The summed E-state index contributed by atoms with van der Waals surface area (Å²) in [6.45, 7) is 1.35. The van der Waals surface area contributed by atoms with Gasteiger partial charge >= 0.3 is 12.1 Å². The number of carbonyl (C=O) groups excluding carboxylic acids is 1. The van der Waals surface area contributed by atoms with Crippen LogP contribution < -0.4 is 10.6 Å². The minimum atomic E-state index is -4.54. The van der Waals surface area contributed by atoms with E-state index in [9.17, 15) is 22.8 Å². The number of rotatable bonds is 6. The zero-order valence-electron chi connectivity index (χ0n) is 11.4. The zero-order valence-corrected chi connectivity index (χ0v) is 12.1. The van der Waals surface area contributed by atoms with Gasteiger partial charge in [-0.3, -0.25) is 9.59 Å². The number of anilines is 1. The minimum absolute atomic E-state index is 0.00810. The third kappa shape index (κ3) is 5.40. The fourth-order valence-electron chi connectivity index (χ4n) is 1.39. The Labute approximate surface area is 128 Å². The number of aliphatic carboxylic acids is 1. The second-order valence-electron chi connectivity index (χ2n) is 4.36. The van der Waals surface area contributed by atoms with Gasteiger partial charge in [0, 0.05) is 19.2 Å². The van der Waals surface area contributed by atoms with E-state index in [0.717, 1.165) is 6.07 Å². The van der Waals surface area contributed by atoms with Gasteiger partial charge in [-0.25, -0.2) is 4.98 Å². The molecule has 1 atom stereocenters. The first-order valence-corrected chi connectivity index (χ1v) is 6.48. The van der Waals surface area contributed by atoms with Crippen LogP contribution >= 0.6 is 11.6 Å². The van der Waals surface area contributed by atoms with Crippen molar-refractivity contribution in [1.82, 2.24) is 10.3 Å². The Bertz CT molecular complexity index is 566. The lowest BCUT2D eigenvalue weighted by Gasteiger charge is -2.12. The molecular formula is C12H13ClF3N3O3. The molecule has 0 aliphatic carbocycles. The van der Waals surface area contributed by atoms with Gasteiger partial charge in [0.15, 0.2) is 0 Å². The van der Waals surface area contributed by atoms with Crippen LogP contribution in [-0.2, 0) is 15.8 Å². The van der Waals surface area contributed by atoms with E-state index in [1.165, 1.54) is 6.92 Å². The maximum absolute atomic E-state index is 12.4. The summed E-state index contributed by atoms with van der Waals surface area (Å²) in [5.74, 6) is -1.69. The first kappa shape index (κ1) is 18.0. The van der Waals surface area contributed by atoms with Crippen molar-refractivity contribution in [3.8, 4) is 0 Å². The van der Waals surface area contributed by atoms with Crippen LogP contribution in [0, 0.1) is 0 Å². The van der Waals surface area contributed by atoms with Gasteiger partial charge in [-0.2, -0.15) is 13.2 Å². The van der Waals surface area contributed by atoms with Crippen molar-refractivity contribution < 1.29 is 27.9 Å². The molecule has 22 heavy (non-hydrogen) atoms. The van der Waals surface area contributed by atoms with Gasteiger partial charge in [-0.15, -0.1) is 0 Å². The molecule has 1 amide bonds. The third-order valence-electron chi connectivity index (χ3n) is 2.56. The Balaban J connectivity index is 2.52. The number of halogens is 4. The molecule has 1 rings (SSSR count). The SMILES string of the molecule is CC(NC(=O)CCNc1ncc(C(F)(F)F)cc1Cl)C(=O)O. The van der Waals surface area contributed by atoms with Crippen LogP contribution in [0.1, 0.15) is 18.9 Å². The Morgan fingerprint density at radius 3 is 2.59 bits per heavy atom. The first-order valence-electron chi connectivity index (χ1n) is 6.10. The number of nitrogens with one attached hydrogen (secondary N) is 2. The standard InChI is InChI=1S/C12H13ClF3N3O3/c1-6(11(21)22)19-9(20)2-3-17-10-8(13)4-7(5-18-10)12(14,15)16/h4-6H,2-3H2,1H3,(H,17,18)(H,19,20)(H,21,22). The average Bonchev–Trinajstić information content (AvgIpc) is 2.39. The van der Waals surface area contributed by atoms with E-state index in [1.807, 2.05) is 0 Å². The number of amides is 1. The summed E-state index contributed by atoms with van der Waals surface area (Å²) in [6.07, 6.45) is -4.00. The van der Waals surface area contributed by atoms with Gasteiger partial charge in [0.25, 0.3) is 0 Å². The van der Waals surface area contributed by atoms with E-state index >= 15 is 0 Å². The van der Waals surface area contributed by atoms with Gasteiger partial charge in [0.1, 0.15) is 11.9 Å². The summed E-state index contributed by atoms with van der Waals surface area (Å²) >= 11 is 5.67. The molecule has 0 aromatic carbocycles. The number of pyridine rings is 1. The average molecular weight is 340 g/mol. The van der Waals surface area contributed by atoms with Crippen LogP contribution in [0.25, 0.3) is 0 Å². The number of nitrogens with zero attached hydrogens (tertiary/aromatic N) is 1. The van der Waals surface area contributed by atoms with Crippen LogP contribution in [-0.4, -0.2) is 34.6 Å². The largest absolute Gasteiger partial charge is 0.480 e. The van der Waals surface area contributed by atoms with Crippen LogP contribution in [0.4, 0.5) is 19.0 Å². The summed E-state index contributed by atoms with van der Waals surface area (Å²) in [4.78, 5) is 25.5. The summed E-state index contributed by atoms with van der Waals surface area (Å²) in [6, 6.07) is -0.302. The molecule has 3 N–H and O–H groups in total. The Hall–Kier alpha value is -2.03.